The van der Waals surface area contributed by atoms with E-state index in [1.807, 2.05) is 6.07 Å². The van der Waals surface area contributed by atoms with Gasteiger partial charge >= 0.3 is 10.8 Å². The molecule has 0 amide bonds. The van der Waals surface area contributed by atoms with E-state index in [0.717, 1.165) is 11.3 Å². The lowest BCUT2D eigenvalue weighted by atomic mass is 10.2. The standard InChI is InChI=1S/C26H25F2N7O5S/c1-14(24(36)37)40-21-13-18(15(27)11-16(21)28)33-7-4-32(5-8-33)6-9-34-23-22(41-26(34)38)19-12-17(20-3-2-10-39-20)31-35(19)25(29)30-23/h2-3,10-14H,4-9H2,1H3,(H2,29,30)(H,36,37)/t14-/m1/s1. The predicted molar refractivity (Wildman–Crippen MR) is 147 cm³/mol. The molecule has 15 heteroatoms. The van der Waals surface area contributed by atoms with Crippen molar-refractivity contribution in [2.45, 2.75) is 19.6 Å². The van der Waals surface area contributed by atoms with Gasteiger partial charge in [0.2, 0.25) is 5.95 Å². The summed E-state index contributed by atoms with van der Waals surface area (Å²) in [5.74, 6) is -2.58. The number of thiazole rings is 1. The normalized spacial score (nSPS) is 15.1. The number of ether oxygens (including phenoxy) is 1. The van der Waals surface area contributed by atoms with Crippen LogP contribution in [0.3, 0.4) is 0 Å². The molecule has 0 spiro atoms. The monoisotopic (exact) mass is 585 g/mol. The third-order valence-corrected chi connectivity index (χ3v) is 8.02. The summed E-state index contributed by atoms with van der Waals surface area (Å²) in [6.07, 6.45) is 0.264. The first-order valence-electron chi connectivity index (χ1n) is 12.8. The molecule has 1 aliphatic rings. The first-order chi connectivity index (χ1) is 19.7. The lowest BCUT2D eigenvalue weighted by Gasteiger charge is -2.36. The Balaban J connectivity index is 1.16. The second-order valence-corrected chi connectivity index (χ2v) is 10.6. The number of rotatable bonds is 8. The topological polar surface area (TPSA) is 144 Å². The van der Waals surface area contributed by atoms with Gasteiger partial charge in [-0.3, -0.25) is 14.3 Å². The molecule has 4 aromatic heterocycles. The molecule has 0 saturated carbocycles. The van der Waals surface area contributed by atoms with Crippen LogP contribution in [0.2, 0.25) is 0 Å². The maximum Gasteiger partial charge on any atom is 0.344 e. The van der Waals surface area contributed by atoms with Crippen LogP contribution in [0.4, 0.5) is 20.4 Å². The highest BCUT2D eigenvalue weighted by Crippen LogP contribution is 2.30. The molecule has 1 aromatic carbocycles. The number of carboxylic acids is 1. The van der Waals surface area contributed by atoms with E-state index in [4.69, 9.17) is 20.0 Å². The van der Waals surface area contributed by atoms with Crippen molar-refractivity contribution < 1.29 is 27.8 Å². The predicted octanol–water partition coefficient (Wildman–Crippen LogP) is 2.90. The third-order valence-electron chi connectivity index (χ3n) is 7.03. The Hall–Kier alpha value is -4.50. The number of carboxylic acid groups (broad SMARTS) is 1. The third kappa shape index (κ3) is 4.97. The van der Waals surface area contributed by atoms with Crippen molar-refractivity contribution in [3.05, 3.63) is 57.9 Å². The molecule has 1 atom stereocenters. The molecule has 12 nitrogen and oxygen atoms in total. The van der Waals surface area contributed by atoms with Crippen LogP contribution in [0, 0.1) is 11.6 Å². The second kappa shape index (κ2) is 10.5. The molecule has 1 saturated heterocycles. The van der Waals surface area contributed by atoms with Crippen LogP contribution in [-0.2, 0) is 11.3 Å². The number of furan rings is 1. The van der Waals surface area contributed by atoms with Crippen molar-refractivity contribution in [1.29, 1.82) is 0 Å². The van der Waals surface area contributed by atoms with Gasteiger partial charge in [-0.2, -0.15) is 14.6 Å². The minimum atomic E-state index is -1.29. The molecule has 0 aliphatic carbocycles. The largest absolute Gasteiger partial charge is 0.479 e. The zero-order chi connectivity index (χ0) is 28.8. The molecule has 6 rings (SSSR count). The van der Waals surface area contributed by atoms with Gasteiger partial charge in [0.1, 0.15) is 16.2 Å². The van der Waals surface area contributed by atoms with Crippen molar-refractivity contribution in [3.63, 3.8) is 0 Å². The van der Waals surface area contributed by atoms with Crippen LogP contribution < -0.4 is 20.2 Å². The number of benzene rings is 1. The van der Waals surface area contributed by atoms with E-state index >= 15 is 0 Å². The van der Waals surface area contributed by atoms with E-state index in [-0.39, 0.29) is 22.3 Å². The number of aliphatic carboxylic acids is 1. The quantitative estimate of drug-likeness (QED) is 0.279. The zero-order valence-corrected chi connectivity index (χ0v) is 22.6. The number of hydrogen-bond acceptors (Lipinski definition) is 10. The van der Waals surface area contributed by atoms with E-state index < -0.39 is 23.7 Å². The van der Waals surface area contributed by atoms with Gasteiger partial charge in [0, 0.05) is 51.4 Å². The second-order valence-electron chi connectivity index (χ2n) is 9.61. The average Bonchev–Trinajstić information content (AvgIpc) is 3.69. The lowest BCUT2D eigenvalue weighted by molar-refractivity contribution is -0.144. The van der Waals surface area contributed by atoms with E-state index in [0.29, 0.717) is 72.7 Å². The van der Waals surface area contributed by atoms with Gasteiger partial charge in [0.05, 0.1) is 17.5 Å². The number of anilines is 2. The fraction of sp³-hybridized carbons (Fsp3) is 0.308. The summed E-state index contributed by atoms with van der Waals surface area (Å²) in [6.45, 7) is 4.18. The van der Waals surface area contributed by atoms with Gasteiger partial charge in [-0.1, -0.05) is 11.3 Å². The summed E-state index contributed by atoms with van der Waals surface area (Å²) in [6, 6.07) is 7.25. The van der Waals surface area contributed by atoms with E-state index in [1.54, 1.807) is 27.9 Å². The molecular weight excluding hydrogens is 560 g/mol. The molecule has 1 aliphatic heterocycles. The number of nitrogens with zero attached hydrogens (tertiary/aromatic N) is 6. The molecule has 5 heterocycles. The number of carbonyl (C=O) groups is 1. The number of halogens is 2. The maximum atomic E-state index is 14.6. The highest BCUT2D eigenvalue weighted by molar-refractivity contribution is 7.17. The van der Waals surface area contributed by atoms with E-state index in [9.17, 15) is 18.4 Å². The molecule has 3 N–H and O–H groups in total. The van der Waals surface area contributed by atoms with Gasteiger partial charge in [-0.05, 0) is 25.1 Å². The molecular formula is C26H25F2N7O5S. The van der Waals surface area contributed by atoms with Gasteiger partial charge in [-0.25, -0.2) is 13.6 Å². The summed E-state index contributed by atoms with van der Waals surface area (Å²) in [5, 5.41) is 13.5. The Morgan fingerprint density at radius 1 is 1.20 bits per heavy atom. The number of piperazine rings is 1. The lowest BCUT2D eigenvalue weighted by Crippen LogP contribution is -2.47. The molecule has 1 fully saturated rings. The minimum Gasteiger partial charge on any atom is -0.479 e. The van der Waals surface area contributed by atoms with E-state index in [2.05, 4.69) is 15.0 Å². The van der Waals surface area contributed by atoms with Crippen molar-refractivity contribution in [3.8, 4) is 17.2 Å². The van der Waals surface area contributed by atoms with Crippen molar-refractivity contribution >= 4 is 44.8 Å². The summed E-state index contributed by atoms with van der Waals surface area (Å²) in [5.41, 5.74) is 8.04. The number of hydrogen-bond donors (Lipinski definition) is 2. The van der Waals surface area contributed by atoms with Crippen LogP contribution in [0.1, 0.15) is 6.92 Å². The van der Waals surface area contributed by atoms with Crippen LogP contribution in [0.25, 0.3) is 27.3 Å². The fourth-order valence-corrected chi connectivity index (χ4v) is 5.80. The number of aromatic nitrogens is 4. The van der Waals surface area contributed by atoms with Crippen molar-refractivity contribution in [2.24, 2.45) is 0 Å². The molecule has 214 valence electrons. The highest BCUT2D eigenvalue weighted by Gasteiger charge is 2.24. The first kappa shape index (κ1) is 26.7. The molecule has 0 bridgehead atoms. The fourth-order valence-electron chi connectivity index (χ4n) is 4.84. The molecule has 5 aromatic rings. The Morgan fingerprint density at radius 3 is 2.68 bits per heavy atom. The van der Waals surface area contributed by atoms with Gasteiger partial charge in [0.25, 0.3) is 0 Å². The van der Waals surface area contributed by atoms with Crippen LogP contribution in [-0.4, -0.2) is 74.0 Å². The Kier molecular flexibility index (Phi) is 6.83. The number of nitrogens with two attached hydrogens (primary N) is 1. The first-order valence-corrected chi connectivity index (χ1v) is 13.6. The SMILES string of the molecule is C[C@@H](Oc1cc(N2CCN(CCn3c(=O)sc4c3nc(N)n3nc(-c5ccco5)cc43)CC2)c(F)cc1F)C(=O)O. The summed E-state index contributed by atoms with van der Waals surface area (Å²) < 4.78 is 43.2. The molecule has 0 unspecified atom stereocenters. The smallest absolute Gasteiger partial charge is 0.344 e. The number of fused-ring (bicyclic) bond motifs is 3. The average molecular weight is 586 g/mol. The minimum absolute atomic E-state index is 0.136. The van der Waals surface area contributed by atoms with Crippen LogP contribution >= 0.6 is 11.3 Å². The van der Waals surface area contributed by atoms with Crippen molar-refractivity contribution in [1.82, 2.24) is 24.1 Å². The summed E-state index contributed by atoms with van der Waals surface area (Å²) in [4.78, 5) is 32.2. The van der Waals surface area contributed by atoms with Gasteiger partial charge in [0.15, 0.2) is 29.1 Å². The number of nitrogen functional groups attached to an aromatic ring is 1. The zero-order valence-electron chi connectivity index (χ0n) is 21.8. The Bertz CT molecular complexity index is 1810. The summed E-state index contributed by atoms with van der Waals surface area (Å²) >= 11 is 1.07. The summed E-state index contributed by atoms with van der Waals surface area (Å²) in [7, 11) is 0. The Morgan fingerprint density at radius 2 is 1.98 bits per heavy atom. The highest BCUT2D eigenvalue weighted by atomic mass is 32.1. The van der Waals surface area contributed by atoms with Crippen molar-refractivity contribution in [2.75, 3.05) is 43.4 Å². The Labute approximate surface area is 234 Å². The molecule has 41 heavy (non-hydrogen) atoms. The van der Waals surface area contributed by atoms with Gasteiger partial charge in [-0.15, -0.1) is 0 Å². The van der Waals surface area contributed by atoms with Crippen LogP contribution in [0.15, 0.2) is 45.8 Å². The van der Waals surface area contributed by atoms with Gasteiger partial charge < -0.3 is 24.9 Å². The van der Waals surface area contributed by atoms with E-state index in [1.165, 1.54) is 17.5 Å². The van der Waals surface area contributed by atoms with Crippen LogP contribution in [0.5, 0.6) is 5.75 Å². The molecule has 0 radical (unpaired) electrons. The maximum absolute atomic E-state index is 14.6.